The largest absolute Gasteiger partial charge is 0.507 e. The van der Waals surface area contributed by atoms with Gasteiger partial charge in [0.15, 0.2) is 18.7 Å². The van der Waals surface area contributed by atoms with Gasteiger partial charge in [-0.05, 0) is 92.8 Å². The number of aromatic nitrogens is 3. The molecule has 0 radical (unpaired) electrons. The Kier molecular flexibility index (Phi) is 32.9. The maximum atomic E-state index is 14.8. The van der Waals surface area contributed by atoms with Gasteiger partial charge in [0.25, 0.3) is 0 Å². The van der Waals surface area contributed by atoms with Gasteiger partial charge in [-0.3, -0.25) is 67.1 Å². The monoisotopic (exact) mass is 1780 g/mol. The summed E-state index contributed by atoms with van der Waals surface area (Å²) in [6, 6.07) is 18.6. The molecule has 37 heteroatoms. The predicted octanol–water partition coefficient (Wildman–Crippen LogP) is 2.10. The highest BCUT2D eigenvalue weighted by molar-refractivity contribution is 6.31. The van der Waals surface area contributed by atoms with Crippen LogP contribution in [0.15, 0.2) is 134 Å². The summed E-state index contributed by atoms with van der Waals surface area (Å²) in [7, 11) is 1.29. The molecular weight excluding hydrogens is 1670 g/mol. The number of carbonyl (C=O) groups is 14. The number of nitrogens with zero attached hydrogens (tertiary/aromatic N) is 2. The fourth-order valence-electron chi connectivity index (χ4n) is 16.6. The van der Waals surface area contributed by atoms with Crippen LogP contribution in [0.5, 0.6) is 17.2 Å². The minimum atomic E-state index is -2.57. The number of aromatic amines is 2. The number of nitrogens with one attached hydrogen (secondary N) is 11. The number of amides is 10. The number of carbonyl (C=O) groups excluding carboxylic acids is 14. The van der Waals surface area contributed by atoms with Crippen LogP contribution < -0.4 is 64.1 Å². The first-order valence-electron chi connectivity index (χ1n) is 43.1. The van der Waals surface area contributed by atoms with Crippen molar-refractivity contribution in [2.24, 2.45) is 23.3 Å². The quantitative estimate of drug-likeness (QED) is 0.0192. The predicted molar refractivity (Wildman–Crippen MR) is 466 cm³/mol. The topological polar surface area (TPSA) is 565 Å². The van der Waals surface area contributed by atoms with Crippen LogP contribution in [0.1, 0.15) is 171 Å². The van der Waals surface area contributed by atoms with E-state index in [4.69, 9.17) is 30.4 Å². The zero-order valence-corrected chi connectivity index (χ0v) is 72.8. The van der Waals surface area contributed by atoms with E-state index in [2.05, 4.69) is 62.8 Å². The first kappa shape index (κ1) is 96.4. The molecular formula is C92H113N15O22. The number of aromatic hydroxyl groups is 2. The molecule has 2 aliphatic heterocycles. The minimum Gasteiger partial charge on any atom is -0.507 e. The van der Waals surface area contributed by atoms with Crippen molar-refractivity contribution < 1.29 is 106 Å². The molecule has 688 valence electrons. The highest BCUT2D eigenvalue weighted by Gasteiger charge is 2.52. The molecule has 19 N–H and O–H groups in total. The summed E-state index contributed by atoms with van der Waals surface area (Å²) < 4.78 is 23.5. The molecule has 1 saturated heterocycles. The van der Waals surface area contributed by atoms with Gasteiger partial charge in [0, 0.05) is 117 Å². The Morgan fingerprint density at radius 1 is 0.674 bits per heavy atom. The number of aliphatic hydroxyl groups is 2. The highest BCUT2D eigenvalue weighted by Crippen LogP contribution is 2.53. The second-order valence-corrected chi connectivity index (χ2v) is 33.8. The van der Waals surface area contributed by atoms with Crippen LogP contribution in [0.4, 0.5) is 0 Å². The number of Topliss-reactive ketones (excluding diaryl/α,β-unsaturated/α-hetero) is 1. The molecule has 10 amide bonds. The Labute approximate surface area is 743 Å². The first-order valence-corrected chi connectivity index (χ1v) is 43.1. The average Bonchev–Trinajstić information content (AvgIpc) is 1.44. The standard InChI is InChI=1S/C92H113N15O22/c1-48(2)34-56(44-97-62(85(94)118)35-52-20-10-8-11-21-52)101-89(122)65(38-55-43-95-47-99-55)103-72(111)45-98-91(124)79(49(3)4)106-86(119)50(5)100-88(121)64(37-54-42-96-60-26-15-14-24-57(54)60)105-87(120)61(30-31-70(93)109)104-90(123)63(36-53-22-12-9-13-23-53)102-71(110)28-19-29-73(112)127-46-69(108)92(125)40-59-76(68(41-92)129-74-39-66(80(113)51(6)128-74)107-32-16-17-33-107)84(117)78-77(82(59)115)81(114)58-25-18-27-67(126-7)75(58)83(78)116/h8-16,18,20-27,32,42-43,47-51,56,61-66,68,74,79-80,96-97,113,115,117,125H,17,19,28-31,33-41,44-46H2,1-7H3,(H2,93,109)(H2,94,118)(H,95,99)(H,98,124)(H,100,121)(H,101,122)(H,102,110)(H,103,111)(H,104,123)(H,105,120)(H,106,119)/t50-,51-,56-,61-,62-,63+,64-,65-,66-,68-,74-,79-,80+,92-/m0/s1. The molecule has 1 fully saturated rings. The van der Waals surface area contributed by atoms with Gasteiger partial charge in [-0.2, -0.15) is 0 Å². The smallest absolute Gasteiger partial charge is 0.306 e. The zero-order valence-electron chi connectivity index (χ0n) is 72.8. The maximum absolute atomic E-state index is 14.8. The molecule has 4 heterocycles. The zero-order chi connectivity index (χ0) is 93.1. The van der Waals surface area contributed by atoms with E-state index in [0.717, 1.165) is 5.56 Å². The number of fused-ring (bicyclic) bond motifs is 4. The third kappa shape index (κ3) is 24.8. The van der Waals surface area contributed by atoms with Crippen LogP contribution in [-0.4, -0.2) is 234 Å². The Morgan fingerprint density at radius 3 is 1.98 bits per heavy atom. The van der Waals surface area contributed by atoms with Crippen molar-refractivity contribution in [1.82, 2.24) is 67.7 Å². The second kappa shape index (κ2) is 44.0. The Morgan fingerprint density at radius 2 is 1.32 bits per heavy atom. The molecule has 0 unspecified atom stereocenters. The van der Waals surface area contributed by atoms with E-state index in [1.807, 2.05) is 61.4 Å². The van der Waals surface area contributed by atoms with Gasteiger partial charge in [0.05, 0.1) is 66.7 Å². The summed E-state index contributed by atoms with van der Waals surface area (Å²) in [4.78, 5) is 208. The lowest BCUT2D eigenvalue weighted by Crippen LogP contribution is -2.60. The molecule has 11 rings (SSSR count). The number of phenols is 2. The molecule has 0 bridgehead atoms. The second-order valence-electron chi connectivity index (χ2n) is 33.8. The van der Waals surface area contributed by atoms with Crippen LogP contribution in [0.2, 0.25) is 0 Å². The van der Waals surface area contributed by atoms with Crippen molar-refractivity contribution in [3.63, 3.8) is 0 Å². The molecule has 2 aliphatic carbocycles. The number of esters is 1. The Bertz CT molecular complexity index is 5300. The number of para-hydroxylation sites is 1. The lowest BCUT2D eigenvalue weighted by atomic mass is 9.72. The Hall–Kier alpha value is -13.2. The van der Waals surface area contributed by atoms with Crippen LogP contribution in [0.3, 0.4) is 0 Å². The lowest BCUT2D eigenvalue weighted by Gasteiger charge is -2.44. The molecule has 5 aromatic carbocycles. The summed E-state index contributed by atoms with van der Waals surface area (Å²) in [5.41, 5.74) is 9.78. The van der Waals surface area contributed by atoms with E-state index in [-0.39, 0.29) is 72.6 Å². The summed E-state index contributed by atoms with van der Waals surface area (Å²) in [6.45, 7) is 9.10. The number of methoxy groups -OCH3 is 1. The first-order chi connectivity index (χ1) is 61.6. The van der Waals surface area contributed by atoms with E-state index in [1.54, 1.807) is 87.8 Å². The van der Waals surface area contributed by atoms with Gasteiger partial charge in [-0.15, -0.1) is 0 Å². The number of ether oxygens (including phenoxy) is 4. The van der Waals surface area contributed by atoms with Gasteiger partial charge >= 0.3 is 5.97 Å². The number of phenolic OH excluding ortho intramolecular Hbond substituents is 2. The molecule has 129 heavy (non-hydrogen) atoms. The summed E-state index contributed by atoms with van der Waals surface area (Å²) in [6.07, 6.45) is 1.22. The lowest BCUT2D eigenvalue weighted by molar-refractivity contribution is -0.256. The number of aliphatic hydroxyl groups excluding tert-OH is 1. The van der Waals surface area contributed by atoms with E-state index < -0.39 is 247 Å². The average molecular weight is 1780 g/mol. The SMILES string of the molecule is COc1cccc2c1C(=O)c1c(O)c3c(c(O)c1C2=O)C[C@@](O)(C(=O)COC(=O)CCCC(=O)N[C@H](Cc1ccccc1)C(=O)N[C@@H](CCC(N)=O)C(=O)N[C@@H](Cc1c[nH]c2ccccc12)C(=O)N[C@@H](C)C(=O)N[C@H](C(=O)NCC(=O)N[C@@H](Cc1c[nH]cn1)C(=O)N[C@H](CN[C@@H](Cc1ccccc1)C(N)=O)CC(C)C)C(C)C)C[C@@H]3O[C@H]1C[C@H](N2C=CCC2)[C@H](O)[C@H](C)O1. The number of benzene rings is 5. The van der Waals surface area contributed by atoms with Gasteiger partial charge in [0.2, 0.25) is 70.6 Å². The molecule has 7 aromatic rings. The summed E-state index contributed by atoms with van der Waals surface area (Å²) in [5, 5.41) is 73.4. The van der Waals surface area contributed by atoms with Gasteiger partial charge < -0.3 is 114 Å². The van der Waals surface area contributed by atoms with Crippen LogP contribution in [0.25, 0.3) is 10.9 Å². The summed E-state index contributed by atoms with van der Waals surface area (Å²) >= 11 is 0. The van der Waals surface area contributed by atoms with Crippen LogP contribution in [-0.2, 0) is 104 Å². The Balaban J connectivity index is 0.720. The third-order valence-corrected chi connectivity index (χ3v) is 23.4. The number of primary amides is 2. The number of H-pyrrole nitrogens is 2. The number of ketones is 3. The number of hydrogen-bond acceptors (Lipinski definition) is 25. The van der Waals surface area contributed by atoms with Crippen molar-refractivity contribution in [2.45, 2.75) is 216 Å². The number of rotatable bonds is 44. The number of imidazole rings is 1. The van der Waals surface area contributed by atoms with Crippen molar-refractivity contribution in [3.8, 4) is 17.2 Å². The molecule has 2 aromatic heterocycles. The van der Waals surface area contributed by atoms with Gasteiger partial charge in [-0.25, -0.2) is 4.98 Å². The minimum absolute atomic E-state index is 0.00935. The van der Waals surface area contributed by atoms with Gasteiger partial charge in [0.1, 0.15) is 65.2 Å². The van der Waals surface area contributed by atoms with E-state index in [0.29, 0.717) is 53.5 Å². The van der Waals surface area contributed by atoms with Gasteiger partial charge in [-0.1, -0.05) is 125 Å². The molecule has 14 atom stereocenters. The van der Waals surface area contributed by atoms with Crippen molar-refractivity contribution >= 4 is 93.3 Å². The van der Waals surface area contributed by atoms with Crippen LogP contribution in [0, 0.1) is 11.8 Å². The van der Waals surface area contributed by atoms with Crippen molar-refractivity contribution in [2.75, 3.05) is 33.4 Å². The summed E-state index contributed by atoms with van der Waals surface area (Å²) in [5.74, 6) is -14.2. The van der Waals surface area contributed by atoms with E-state index in [1.165, 1.54) is 38.6 Å². The maximum Gasteiger partial charge on any atom is 0.306 e. The van der Waals surface area contributed by atoms with E-state index in [9.17, 15) is 87.5 Å². The normalized spacial score (nSPS) is 19.3. The highest BCUT2D eigenvalue weighted by atomic mass is 16.7. The molecule has 0 spiro atoms. The number of nitrogens with two attached hydrogens (primary N) is 2. The van der Waals surface area contributed by atoms with E-state index >= 15 is 0 Å². The van der Waals surface area contributed by atoms with Crippen molar-refractivity contribution in [1.29, 1.82) is 0 Å². The fraction of sp³-hybridized carbons (Fsp3) is 0.446. The fourth-order valence-corrected chi connectivity index (χ4v) is 16.6. The van der Waals surface area contributed by atoms with Crippen molar-refractivity contribution in [3.05, 3.63) is 190 Å². The van der Waals surface area contributed by atoms with Crippen LogP contribution >= 0.6 is 0 Å². The third-order valence-electron chi connectivity index (χ3n) is 23.4. The molecule has 4 aliphatic rings. The molecule has 37 nitrogen and oxygen atoms in total. The molecule has 0 saturated carbocycles. The number of hydrogen-bond donors (Lipinski definition) is 17.